The minimum absolute atomic E-state index is 0.0570. The number of aliphatic hydroxyl groups excluding tert-OH is 1. The lowest BCUT2D eigenvalue weighted by molar-refractivity contribution is 0.289. The normalized spacial score (nSPS) is 11.7. The Morgan fingerprint density at radius 3 is 2.74 bits per heavy atom. The minimum atomic E-state index is -0.469. The van der Waals surface area contributed by atoms with Crippen LogP contribution in [-0.4, -0.2) is 35.8 Å². The van der Waals surface area contributed by atoms with E-state index in [2.05, 4.69) is 21.1 Å². The van der Waals surface area contributed by atoms with Crippen molar-refractivity contribution in [3.8, 4) is 0 Å². The molecule has 7 heteroatoms. The van der Waals surface area contributed by atoms with Crippen molar-refractivity contribution >= 4 is 27.5 Å². The van der Waals surface area contributed by atoms with Gasteiger partial charge in [0.15, 0.2) is 11.7 Å². The summed E-state index contributed by atoms with van der Waals surface area (Å²) in [5, 5.41) is 20.3. The van der Waals surface area contributed by atoms with Crippen LogP contribution in [0.5, 0.6) is 0 Å². The molecule has 0 aliphatic carbocycles. The fourth-order valence-electron chi connectivity index (χ4n) is 1.75. The maximum absolute atomic E-state index is 14.3. The molecule has 0 atom stereocenters. The Balaban J connectivity index is 3.14. The van der Waals surface area contributed by atoms with Crippen molar-refractivity contribution in [1.82, 2.24) is 0 Å². The molecule has 0 fully saturated rings. The van der Waals surface area contributed by atoms with Crippen molar-refractivity contribution in [2.24, 2.45) is 10.9 Å². The first-order valence-electron chi connectivity index (χ1n) is 5.88. The summed E-state index contributed by atoms with van der Waals surface area (Å²) in [6, 6.07) is 3.16. The topological polar surface area (TPSA) is 82.1 Å². The first-order chi connectivity index (χ1) is 9.06. The predicted octanol–water partition coefficient (Wildman–Crippen LogP) is 1.89. The lowest BCUT2D eigenvalue weighted by Crippen LogP contribution is -2.26. The minimum Gasteiger partial charge on any atom is -0.409 e. The van der Waals surface area contributed by atoms with Crippen LogP contribution in [0, 0.1) is 5.82 Å². The average molecular weight is 334 g/mol. The zero-order valence-electron chi connectivity index (χ0n) is 10.6. The Bertz CT molecular complexity index is 469. The highest BCUT2D eigenvalue weighted by Gasteiger charge is 2.17. The van der Waals surface area contributed by atoms with Gasteiger partial charge < -0.3 is 20.9 Å². The van der Waals surface area contributed by atoms with Crippen LogP contribution in [0.25, 0.3) is 0 Å². The van der Waals surface area contributed by atoms with Gasteiger partial charge in [-0.3, -0.25) is 0 Å². The number of oxime groups is 1. The number of hydrogen-bond acceptors (Lipinski definition) is 4. The standard InChI is InChI=1S/C12H17BrFN3O2/c1-2-17(6-3-7-18)9-5-4-8(12(15)16-19)10(13)11(9)14/h4-5,18-19H,2-3,6-7H2,1H3,(H2,15,16). The van der Waals surface area contributed by atoms with Crippen LogP contribution in [0.15, 0.2) is 21.8 Å². The van der Waals surface area contributed by atoms with Crippen LogP contribution in [-0.2, 0) is 0 Å². The summed E-state index contributed by atoms with van der Waals surface area (Å²) in [5.41, 5.74) is 6.17. The molecule has 0 spiro atoms. The quantitative estimate of drug-likeness (QED) is 0.321. The van der Waals surface area contributed by atoms with Gasteiger partial charge in [0.05, 0.1) is 10.2 Å². The Morgan fingerprint density at radius 1 is 1.53 bits per heavy atom. The summed E-state index contributed by atoms with van der Waals surface area (Å²) in [7, 11) is 0. The number of anilines is 1. The smallest absolute Gasteiger partial charge is 0.171 e. The molecular weight excluding hydrogens is 317 g/mol. The van der Waals surface area contributed by atoms with Crippen LogP contribution in [0.4, 0.5) is 10.1 Å². The molecular formula is C12H17BrFN3O2. The zero-order valence-corrected chi connectivity index (χ0v) is 12.2. The second-order valence-electron chi connectivity index (χ2n) is 3.90. The van der Waals surface area contributed by atoms with E-state index in [4.69, 9.17) is 16.0 Å². The lowest BCUT2D eigenvalue weighted by atomic mass is 10.1. The van der Waals surface area contributed by atoms with E-state index < -0.39 is 5.82 Å². The highest BCUT2D eigenvalue weighted by atomic mass is 79.9. The van der Waals surface area contributed by atoms with Gasteiger partial charge >= 0.3 is 0 Å². The zero-order chi connectivity index (χ0) is 14.4. The number of aliphatic hydroxyl groups is 1. The molecule has 0 saturated heterocycles. The monoisotopic (exact) mass is 333 g/mol. The molecule has 0 unspecified atom stereocenters. The maximum atomic E-state index is 14.3. The van der Waals surface area contributed by atoms with Crippen molar-refractivity contribution in [3.63, 3.8) is 0 Å². The average Bonchev–Trinajstić information content (AvgIpc) is 2.43. The van der Waals surface area contributed by atoms with E-state index in [1.54, 1.807) is 12.1 Å². The molecule has 0 aromatic heterocycles. The molecule has 0 radical (unpaired) electrons. The molecule has 5 nitrogen and oxygen atoms in total. The molecule has 0 amide bonds. The molecule has 0 aliphatic heterocycles. The van der Waals surface area contributed by atoms with Gasteiger partial charge in [-0.25, -0.2) is 4.39 Å². The third kappa shape index (κ3) is 3.57. The van der Waals surface area contributed by atoms with Crippen molar-refractivity contribution in [1.29, 1.82) is 0 Å². The van der Waals surface area contributed by atoms with E-state index in [0.717, 1.165) is 0 Å². The molecule has 4 N–H and O–H groups in total. The molecule has 1 aromatic rings. The number of rotatable bonds is 6. The van der Waals surface area contributed by atoms with Crippen molar-refractivity contribution < 1.29 is 14.7 Å². The van der Waals surface area contributed by atoms with Crippen molar-refractivity contribution in [2.75, 3.05) is 24.6 Å². The van der Waals surface area contributed by atoms with Gasteiger partial charge in [-0.05, 0) is 41.4 Å². The van der Waals surface area contributed by atoms with E-state index in [9.17, 15) is 4.39 Å². The highest BCUT2D eigenvalue weighted by Crippen LogP contribution is 2.29. The molecule has 0 saturated carbocycles. The fraction of sp³-hybridized carbons (Fsp3) is 0.417. The van der Waals surface area contributed by atoms with Crippen LogP contribution < -0.4 is 10.6 Å². The van der Waals surface area contributed by atoms with Crippen molar-refractivity contribution in [3.05, 3.63) is 28.0 Å². The molecule has 1 rings (SSSR count). The van der Waals surface area contributed by atoms with Gasteiger partial charge in [-0.15, -0.1) is 0 Å². The number of halogens is 2. The Labute approximate surface area is 119 Å². The van der Waals surface area contributed by atoms with E-state index >= 15 is 0 Å². The maximum Gasteiger partial charge on any atom is 0.171 e. The molecule has 1 aromatic carbocycles. The molecule has 0 bridgehead atoms. The Morgan fingerprint density at radius 2 is 2.21 bits per heavy atom. The summed E-state index contributed by atoms with van der Waals surface area (Å²) in [5.74, 6) is -0.625. The molecule has 0 heterocycles. The molecule has 19 heavy (non-hydrogen) atoms. The third-order valence-corrected chi connectivity index (χ3v) is 3.53. The number of hydrogen-bond donors (Lipinski definition) is 3. The molecule has 0 aliphatic rings. The Hall–Kier alpha value is -1.34. The predicted molar refractivity (Wildman–Crippen MR) is 76.2 cm³/mol. The summed E-state index contributed by atoms with van der Waals surface area (Å²) >= 11 is 3.12. The van der Waals surface area contributed by atoms with Crippen LogP contribution in [0.3, 0.4) is 0 Å². The van der Waals surface area contributed by atoms with E-state index in [1.807, 2.05) is 11.8 Å². The molecule has 106 valence electrons. The second-order valence-corrected chi connectivity index (χ2v) is 4.70. The first-order valence-corrected chi connectivity index (χ1v) is 6.67. The van der Waals surface area contributed by atoms with Gasteiger partial charge in [-0.1, -0.05) is 5.16 Å². The van der Waals surface area contributed by atoms with E-state index in [0.29, 0.717) is 30.8 Å². The second kappa shape index (κ2) is 7.30. The number of nitrogens with two attached hydrogens (primary N) is 1. The number of benzene rings is 1. The fourth-order valence-corrected chi connectivity index (χ4v) is 2.28. The van der Waals surface area contributed by atoms with E-state index in [-0.39, 0.29) is 16.9 Å². The van der Waals surface area contributed by atoms with Gasteiger partial charge in [0.1, 0.15) is 0 Å². The largest absolute Gasteiger partial charge is 0.409 e. The van der Waals surface area contributed by atoms with Gasteiger partial charge in [0.2, 0.25) is 0 Å². The van der Waals surface area contributed by atoms with Crippen LogP contribution >= 0.6 is 15.9 Å². The summed E-state index contributed by atoms with van der Waals surface area (Å²) in [6.07, 6.45) is 0.562. The summed E-state index contributed by atoms with van der Waals surface area (Å²) in [6.45, 7) is 3.13. The first kappa shape index (κ1) is 15.7. The lowest BCUT2D eigenvalue weighted by Gasteiger charge is -2.24. The summed E-state index contributed by atoms with van der Waals surface area (Å²) < 4.78 is 14.4. The Kier molecular flexibility index (Phi) is 6.04. The van der Waals surface area contributed by atoms with Crippen molar-refractivity contribution in [2.45, 2.75) is 13.3 Å². The third-order valence-electron chi connectivity index (χ3n) is 2.75. The van der Waals surface area contributed by atoms with Gasteiger partial charge in [-0.2, -0.15) is 0 Å². The van der Waals surface area contributed by atoms with Gasteiger partial charge in [0.25, 0.3) is 0 Å². The van der Waals surface area contributed by atoms with E-state index in [1.165, 1.54) is 0 Å². The number of nitrogens with zero attached hydrogens (tertiary/aromatic N) is 2. The van der Waals surface area contributed by atoms with Crippen LogP contribution in [0.2, 0.25) is 0 Å². The van der Waals surface area contributed by atoms with Gasteiger partial charge in [0, 0.05) is 25.3 Å². The number of amidine groups is 1. The van der Waals surface area contributed by atoms with Crippen LogP contribution in [0.1, 0.15) is 18.9 Å². The highest BCUT2D eigenvalue weighted by molar-refractivity contribution is 9.10. The SMILES string of the molecule is CCN(CCCO)c1ccc(/C(N)=N/O)c(Br)c1F. The summed E-state index contributed by atoms with van der Waals surface area (Å²) in [4.78, 5) is 1.81.